The highest BCUT2D eigenvalue weighted by atomic mass is 32.1. The highest BCUT2D eigenvalue weighted by Gasteiger charge is 2.25. The second kappa shape index (κ2) is 9.21. The van der Waals surface area contributed by atoms with Crippen molar-refractivity contribution in [2.24, 2.45) is 0 Å². The van der Waals surface area contributed by atoms with Gasteiger partial charge in [0.1, 0.15) is 0 Å². The molecule has 0 aliphatic heterocycles. The number of hydrogen-bond donors (Lipinski definition) is 0. The van der Waals surface area contributed by atoms with E-state index in [1.165, 1.54) is 0 Å². The Hall–Kier alpha value is -5.59. The third-order valence-electron chi connectivity index (χ3n) is 8.15. The lowest BCUT2D eigenvalue weighted by atomic mass is 10.1. The van der Waals surface area contributed by atoms with Crippen molar-refractivity contribution in [1.29, 1.82) is 0 Å². The predicted molar refractivity (Wildman–Crippen MR) is 178 cm³/mol. The van der Waals surface area contributed by atoms with Crippen molar-refractivity contribution in [2.45, 2.75) is 0 Å². The molecule has 4 aromatic heterocycles. The molecule has 0 amide bonds. The van der Waals surface area contributed by atoms with Crippen molar-refractivity contribution in [3.05, 3.63) is 144 Å². The molecule has 0 radical (unpaired) electrons. The van der Waals surface area contributed by atoms with E-state index in [4.69, 9.17) is 9.97 Å². The third kappa shape index (κ3) is 3.47. The largest absolute Gasteiger partial charge is 0.275 e. The quantitative estimate of drug-likeness (QED) is 0.213. The van der Waals surface area contributed by atoms with Gasteiger partial charge in [-0.2, -0.15) is 0 Å². The number of pyridine rings is 1. The molecule has 0 spiro atoms. The van der Waals surface area contributed by atoms with Crippen molar-refractivity contribution < 1.29 is 0 Å². The maximum atomic E-state index is 14.6. The minimum atomic E-state index is -0.0292. The Morgan fingerprint density at radius 1 is 0.558 bits per heavy atom. The molecule has 0 fully saturated rings. The predicted octanol–water partition coefficient (Wildman–Crippen LogP) is 8.91. The van der Waals surface area contributed by atoms with Gasteiger partial charge in [0, 0.05) is 32.1 Å². The Balaban J connectivity index is 1.54. The van der Waals surface area contributed by atoms with Crippen molar-refractivity contribution >= 4 is 64.3 Å². The van der Waals surface area contributed by atoms with Crippen LogP contribution in [0.2, 0.25) is 0 Å². The molecular weight excluding hydrogens is 549 g/mol. The van der Waals surface area contributed by atoms with E-state index in [1.807, 2.05) is 102 Å². The molecule has 0 unspecified atom stereocenters. The summed E-state index contributed by atoms with van der Waals surface area (Å²) in [6.07, 6.45) is 0. The Morgan fingerprint density at radius 2 is 1.21 bits per heavy atom. The average Bonchev–Trinajstić information content (AvgIpc) is 3.62. The maximum absolute atomic E-state index is 14.6. The van der Waals surface area contributed by atoms with Crippen LogP contribution in [0.3, 0.4) is 0 Å². The monoisotopic (exact) mass is 570 g/mol. The van der Waals surface area contributed by atoms with Crippen LogP contribution in [0.5, 0.6) is 0 Å². The van der Waals surface area contributed by atoms with E-state index in [0.717, 1.165) is 64.6 Å². The molecule has 5 aromatic carbocycles. The zero-order chi connectivity index (χ0) is 28.5. The second-order valence-corrected chi connectivity index (χ2v) is 11.6. The van der Waals surface area contributed by atoms with Crippen molar-refractivity contribution in [3.63, 3.8) is 0 Å². The molecule has 202 valence electrons. The Bertz CT molecular complexity index is 2580. The Morgan fingerprint density at radius 3 is 2.02 bits per heavy atom. The smallest absolute Gasteiger partial charge is 0.265 e. The van der Waals surface area contributed by atoms with Crippen LogP contribution in [0.15, 0.2) is 138 Å². The topological polar surface area (TPSA) is 52.7 Å². The van der Waals surface area contributed by atoms with Gasteiger partial charge >= 0.3 is 0 Å². The molecule has 4 heterocycles. The van der Waals surface area contributed by atoms with Crippen LogP contribution in [-0.4, -0.2) is 19.1 Å². The first kappa shape index (κ1) is 24.1. The lowest BCUT2D eigenvalue weighted by Gasteiger charge is -2.13. The summed E-state index contributed by atoms with van der Waals surface area (Å²) in [5, 5.41) is 3.63. The molecule has 43 heavy (non-hydrogen) atoms. The Labute approximate surface area is 249 Å². The first-order valence-corrected chi connectivity index (χ1v) is 15.0. The number of nitrogens with zero attached hydrogens (tertiary/aromatic N) is 4. The van der Waals surface area contributed by atoms with Crippen LogP contribution >= 0.6 is 11.3 Å². The van der Waals surface area contributed by atoms with Crippen LogP contribution in [0, 0.1) is 0 Å². The van der Waals surface area contributed by atoms with Crippen molar-refractivity contribution in [2.75, 3.05) is 0 Å². The van der Waals surface area contributed by atoms with Crippen LogP contribution in [0.1, 0.15) is 0 Å². The molecule has 0 bridgehead atoms. The molecule has 0 aliphatic rings. The Kier molecular flexibility index (Phi) is 5.15. The van der Waals surface area contributed by atoms with E-state index in [9.17, 15) is 4.79 Å². The number of thiophene rings is 1. The third-order valence-corrected chi connectivity index (χ3v) is 9.33. The van der Waals surface area contributed by atoms with Crippen LogP contribution in [0.4, 0.5) is 0 Å². The lowest BCUT2D eigenvalue weighted by molar-refractivity contribution is 1.01. The molecule has 0 saturated heterocycles. The van der Waals surface area contributed by atoms with Gasteiger partial charge in [-0.1, -0.05) is 103 Å². The average molecular weight is 571 g/mol. The molecular formula is C37H22N4OS. The van der Waals surface area contributed by atoms with Crippen molar-refractivity contribution in [3.8, 4) is 22.9 Å². The van der Waals surface area contributed by atoms with Crippen molar-refractivity contribution in [1.82, 2.24) is 19.1 Å². The summed E-state index contributed by atoms with van der Waals surface area (Å²) in [6.45, 7) is 0. The van der Waals surface area contributed by atoms with Crippen LogP contribution < -0.4 is 5.56 Å². The summed E-state index contributed by atoms with van der Waals surface area (Å²) in [5.41, 5.74) is 6.27. The summed E-state index contributed by atoms with van der Waals surface area (Å²) >= 11 is 1.65. The van der Waals surface area contributed by atoms with E-state index in [0.29, 0.717) is 11.3 Å². The maximum Gasteiger partial charge on any atom is 0.265 e. The molecule has 9 rings (SSSR count). The first-order valence-electron chi connectivity index (χ1n) is 14.2. The minimum absolute atomic E-state index is 0.0292. The normalized spacial score (nSPS) is 11.8. The lowest BCUT2D eigenvalue weighted by Crippen LogP contribution is -2.18. The summed E-state index contributed by atoms with van der Waals surface area (Å²) < 4.78 is 6.03. The molecule has 0 aliphatic carbocycles. The highest BCUT2D eigenvalue weighted by molar-refractivity contribution is 7.26. The first-order chi connectivity index (χ1) is 21.3. The number of rotatable bonds is 3. The number of aromatic nitrogens is 4. The van der Waals surface area contributed by atoms with E-state index in [-0.39, 0.29) is 5.56 Å². The second-order valence-electron chi connectivity index (χ2n) is 10.6. The zero-order valence-corrected chi connectivity index (χ0v) is 23.6. The van der Waals surface area contributed by atoms with E-state index in [2.05, 4.69) is 41.0 Å². The van der Waals surface area contributed by atoms with Gasteiger partial charge in [-0.05, 0) is 30.3 Å². The summed E-state index contributed by atoms with van der Waals surface area (Å²) in [7, 11) is 0. The summed E-state index contributed by atoms with van der Waals surface area (Å²) in [5.74, 6) is 0.570. The molecule has 0 N–H and O–H groups in total. The van der Waals surface area contributed by atoms with Gasteiger partial charge in [0.25, 0.3) is 5.56 Å². The summed E-state index contributed by atoms with van der Waals surface area (Å²) in [6, 6.07) is 44.7. The van der Waals surface area contributed by atoms with E-state index in [1.54, 1.807) is 11.3 Å². The van der Waals surface area contributed by atoms with Crippen LogP contribution in [0.25, 0.3) is 75.9 Å². The molecule has 5 nitrogen and oxygen atoms in total. The van der Waals surface area contributed by atoms with E-state index >= 15 is 0 Å². The number of benzene rings is 5. The number of fused-ring (bicyclic) bond motifs is 8. The fourth-order valence-electron chi connectivity index (χ4n) is 6.31. The molecule has 0 saturated carbocycles. The molecule has 9 aromatic rings. The van der Waals surface area contributed by atoms with Gasteiger partial charge < -0.3 is 0 Å². The van der Waals surface area contributed by atoms with Gasteiger partial charge in [-0.3, -0.25) is 13.9 Å². The zero-order valence-electron chi connectivity index (χ0n) is 22.8. The number of hydrogen-bond acceptors (Lipinski definition) is 4. The minimum Gasteiger partial charge on any atom is -0.275 e. The number of para-hydroxylation sites is 3. The van der Waals surface area contributed by atoms with E-state index < -0.39 is 0 Å². The van der Waals surface area contributed by atoms with Gasteiger partial charge in [0.2, 0.25) is 5.95 Å². The van der Waals surface area contributed by atoms with Gasteiger partial charge in [0.15, 0.2) is 0 Å². The van der Waals surface area contributed by atoms with Crippen LogP contribution in [-0.2, 0) is 0 Å². The fourth-order valence-corrected chi connectivity index (χ4v) is 7.54. The molecule has 6 heteroatoms. The highest BCUT2D eigenvalue weighted by Crippen LogP contribution is 2.42. The van der Waals surface area contributed by atoms with Gasteiger partial charge in [-0.15, -0.1) is 11.3 Å². The SMILES string of the molecule is O=c1c2c3ccccc3sc2c2c(c3ccccc3n2-c2nc(-c3ccccc3)c3ccccc3n2)n1-c1ccccc1. The standard InChI is InChI=1S/C37H22N4OS/c42-36-31-27-19-9-12-22-30(27)43-35(31)34-33(40(36)24-15-5-2-6-16-24)26-18-8-11-21-29(26)41(34)37-38-28-20-10-7-17-25(28)32(39-37)23-13-3-1-4-14-23/h1-22H. The van der Waals surface area contributed by atoms with Gasteiger partial charge in [-0.25, -0.2) is 9.97 Å². The van der Waals surface area contributed by atoms with Gasteiger partial charge in [0.05, 0.1) is 37.8 Å². The fraction of sp³-hybridized carbons (Fsp3) is 0. The molecule has 0 atom stereocenters. The summed E-state index contributed by atoms with van der Waals surface area (Å²) in [4.78, 5) is 25.0.